The van der Waals surface area contributed by atoms with E-state index in [1.807, 2.05) is 4.90 Å². The Morgan fingerprint density at radius 2 is 1.82 bits per heavy atom. The van der Waals surface area contributed by atoms with Crippen molar-refractivity contribution in [2.45, 2.75) is 12.8 Å². The van der Waals surface area contributed by atoms with E-state index in [1.165, 1.54) is 6.07 Å². The number of nitrogens with one attached hydrogen (secondary N) is 1. The molecule has 0 aromatic heterocycles. The number of likely N-dealkylation sites (tertiary alicyclic amines) is 1. The molecule has 1 fully saturated rings. The molecule has 3 rings (SSSR count). The molecule has 0 radical (unpaired) electrons. The van der Waals surface area contributed by atoms with Crippen molar-refractivity contribution in [2.24, 2.45) is 0 Å². The van der Waals surface area contributed by atoms with Gasteiger partial charge in [-0.05, 0) is 43.2 Å². The maximum atomic E-state index is 13.7. The molecule has 1 amide bonds. The average Bonchev–Trinajstić information content (AvgIpc) is 3.05. The zero-order valence-electron chi connectivity index (χ0n) is 12.2. The van der Waals surface area contributed by atoms with Crippen molar-refractivity contribution in [3.63, 3.8) is 0 Å². The number of nitrogen functional groups attached to an aromatic ring is 1. The quantitative estimate of drug-likeness (QED) is 0.854. The third-order valence-corrected chi connectivity index (χ3v) is 3.83. The Hall–Kier alpha value is -2.56. The lowest BCUT2D eigenvalue weighted by atomic mass is 10.1. The highest BCUT2D eigenvalue weighted by molar-refractivity contribution is 5.96. The number of hydrogen-bond acceptors (Lipinski definition) is 3. The lowest BCUT2D eigenvalue weighted by Gasteiger charge is -2.16. The van der Waals surface area contributed by atoms with Crippen LogP contribution in [0, 0.1) is 5.82 Å². The summed E-state index contributed by atoms with van der Waals surface area (Å²) >= 11 is 0. The van der Waals surface area contributed by atoms with Gasteiger partial charge in [-0.15, -0.1) is 0 Å². The average molecular weight is 299 g/mol. The molecule has 114 valence electrons. The third-order valence-electron chi connectivity index (χ3n) is 3.83. The van der Waals surface area contributed by atoms with Gasteiger partial charge in [-0.1, -0.05) is 12.1 Å². The van der Waals surface area contributed by atoms with Gasteiger partial charge in [0, 0.05) is 18.7 Å². The number of halogens is 1. The Balaban J connectivity index is 1.80. The first-order valence-electron chi connectivity index (χ1n) is 7.35. The second kappa shape index (κ2) is 6.05. The number of rotatable bonds is 3. The van der Waals surface area contributed by atoms with Crippen LogP contribution in [0.3, 0.4) is 0 Å². The Labute approximate surface area is 128 Å². The molecule has 22 heavy (non-hydrogen) atoms. The van der Waals surface area contributed by atoms with Gasteiger partial charge in [0.05, 0.1) is 17.1 Å². The molecule has 1 saturated heterocycles. The summed E-state index contributed by atoms with van der Waals surface area (Å²) in [5.74, 6) is -0.347. The monoisotopic (exact) mass is 299 g/mol. The Bertz CT molecular complexity index is 696. The molecule has 5 heteroatoms. The van der Waals surface area contributed by atoms with E-state index >= 15 is 0 Å². The number of nitrogens with two attached hydrogens (primary N) is 1. The van der Waals surface area contributed by atoms with Crippen LogP contribution in [0.25, 0.3) is 0 Å². The molecule has 2 aromatic rings. The van der Waals surface area contributed by atoms with E-state index in [-0.39, 0.29) is 11.7 Å². The molecule has 0 unspecified atom stereocenters. The van der Waals surface area contributed by atoms with Crippen LogP contribution in [0.5, 0.6) is 0 Å². The summed E-state index contributed by atoms with van der Waals surface area (Å²) in [5.41, 5.74) is 7.93. The second-order valence-corrected chi connectivity index (χ2v) is 5.41. The fourth-order valence-electron chi connectivity index (χ4n) is 2.62. The summed E-state index contributed by atoms with van der Waals surface area (Å²) in [4.78, 5) is 14.1. The van der Waals surface area contributed by atoms with Gasteiger partial charge >= 0.3 is 0 Å². The minimum atomic E-state index is -0.348. The fraction of sp³-hybridized carbons (Fsp3) is 0.235. The van der Waals surface area contributed by atoms with Crippen LogP contribution in [-0.2, 0) is 0 Å². The molecule has 0 aliphatic carbocycles. The van der Waals surface area contributed by atoms with E-state index in [1.54, 1.807) is 36.4 Å². The van der Waals surface area contributed by atoms with Crippen molar-refractivity contribution in [1.29, 1.82) is 0 Å². The highest BCUT2D eigenvalue weighted by atomic mass is 19.1. The molecule has 0 atom stereocenters. The Kier molecular flexibility index (Phi) is 3.96. The summed E-state index contributed by atoms with van der Waals surface area (Å²) in [7, 11) is 0. The predicted octanol–water partition coefficient (Wildman–Crippen LogP) is 3.39. The molecular weight excluding hydrogens is 281 g/mol. The van der Waals surface area contributed by atoms with E-state index in [0.29, 0.717) is 22.6 Å². The first kappa shape index (κ1) is 14.4. The van der Waals surface area contributed by atoms with Crippen LogP contribution in [0.4, 0.5) is 21.5 Å². The second-order valence-electron chi connectivity index (χ2n) is 5.41. The zero-order valence-corrected chi connectivity index (χ0v) is 12.2. The van der Waals surface area contributed by atoms with E-state index in [2.05, 4.69) is 5.32 Å². The minimum absolute atomic E-state index is 0.00152. The van der Waals surface area contributed by atoms with Crippen LogP contribution in [0.2, 0.25) is 0 Å². The van der Waals surface area contributed by atoms with Gasteiger partial charge in [-0.3, -0.25) is 4.79 Å². The van der Waals surface area contributed by atoms with Crippen LogP contribution in [0.1, 0.15) is 23.2 Å². The topological polar surface area (TPSA) is 58.4 Å². The number of anilines is 3. The third kappa shape index (κ3) is 2.88. The molecule has 1 aliphatic heterocycles. The van der Waals surface area contributed by atoms with Gasteiger partial charge in [0.15, 0.2) is 0 Å². The molecule has 3 N–H and O–H groups in total. The largest absolute Gasteiger partial charge is 0.397 e. The number of benzene rings is 2. The maximum absolute atomic E-state index is 13.7. The number of amides is 1. The molecule has 0 spiro atoms. The summed E-state index contributed by atoms with van der Waals surface area (Å²) in [5, 5.41) is 2.95. The lowest BCUT2D eigenvalue weighted by Crippen LogP contribution is -2.27. The Morgan fingerprint density at radius 1 is 1.09 bits per heavy atom. The molecule has 0 saturated carbocycles. The summed E-state index contributed by atoms with van der Waals surface area (Å²) in [6, 6.07) is 11.5. The van der Waals surface area contributed by atoms with Gasteiger partial charge in [0.25, 0.3) is 5.91 Å². The van der Waals surface area contributed by atoms with Crippen LogP contribution in [-0.4, -0.2) is 23.9 Å². The number of para-hydroxylation sites is 1. The van der Waals surface area contributed by atoms with Gasteiger partial charge in [0.1, 0.15) is 5.82 Å². The number of nitrogens with zero attached hydrogens (tertiary/aromatic N) is 1. The van der Waals surface area contributed by atoms with E-state index in [4.69, 9.17) is 5.73 Å². The number of hydrogen-bond donors (Lipinski definition) is 2. The van der Waals surface area contributed by atoms with Crippen molar-refractivity contribution in [1.82, 2.24) is 4.90 Å². The smallest absolute Gasteiger partial charge is 0.253 e. The number of carbonyl (C=O) groups excluding carboxylic acids is 1. The zero-order chi connectivity index (χ0) is 15.5. The fourth-order valence-corrected chi connectivity index (χ4v) is 2.62. The molecule has 0 bridgehead atoms. The van der Waals surface area contributed by atoms with Crippen LogP contribution in [0.15, 0.2) is 42.5 Å². The Morgan fingerprint density at radius 3 is 2.50 bits per heavy atom. The molecule has 1 heterocycles. The number of carbonyl (C=O) groups is 1. The summed E-state index contributed by atoms with van der Waals surface area (Å²) in [6.07, 6.45) is 2.10. The minimum Gasteiger partial charge on any atom is -0.397 e. The highest BCUT2D eigenvalue weighted by Crippen LogP contribution is 2.26. The molecule has 1 aliphatic rings. The standard InChI is InChI=1S/C17H18FN3O/c18-13-5-1-2-6-15(13)20-16-8-7-12(11-14(16)19)17(22)21-9-3-4-10-21/h1-2,5-8,11,20H,3-4,9-10,19H2. The SMILES string of the molecule is Nc1cc(C(=O)N2CCCC2)ccc1Nc1ccccc1F. The molecule has 4 nitrogen and oxygen atoms in total. The van der Waals surface area contributed by atoms with Crippen LogP contribution >= 0.6 is 0 Å². The van der Waals surface area contributed by atoms with Crippen LogP contribution < -0.4 is 11.1 Å². The molecule has 2 aromatic carbocycles. The first-order valence-corrected chi connectivity index (χ1v) is 7.35. The maximum Gasteiger partial charge on any atom is 0.253 e. The van der Waals surface area contributed by atoms with E-state index < -0.39 is 0 Å². The van der Waals surface area contributed by atoms with Gasteiger partial charge in [0.2, 0.25) is 0 Å². The van der Waals surface area contributed by atoms with E-state index in [9.17, 15) is 9.18 Å². The van der Waals surface area contributed by atoms with Gasteiger partial charge in [-0.25, -0.2) is 4.39 Å². The summed E-state index contributed by atoms with van der Waals surface area (Å²) < 4.78 is 13.7. The van der Waals surface area contributed by atoms with Gasteiger partial charge < -0.3 is 16.0 Å². The lowest BCUT2D eigenvalue weighted by molar-refractivity contribution is 0.0793. The van der Waals surface area contributed by atoms with Crippen molar-refractivity contribution >= 4 is 23.0 Å². The van der Waals surface area contributed by atoms with Crippen molar-refractivity contribution in [3.8, 4) is 0 Å². The van der Waals surface area contributed by atoms with Gasteiger partial charge in [-0.2, -0.15) is 0 Å². The summed E-state index contributed by atoms with van der Waals surface area (Å²) in [6.45, 7) is 1.60. The first-order chi connectivity index (χ1) is 10.6. The van der Waals surface area contributed by atoms with Crippen molar-refractivity contribution < 1.29 is 9.18 Å². The van der Waals surface area contributed by atoms with E-state index in [0.717, 1.165) is 25.9 Å². The normalized spacial score (nSPS) is 14.1. The van der Waals surface area contributed by atoms with Crippen molar-refractivity contribution in [3.05, 3.63) is 53.8 Å². The highest BCUT2D eigenvalue weighted by Gasteiger charge is 2.20. The van der Waals surface area contributed by atoms with Crippen molar-refractivity contribution in [2.75, 3.05) is 24.1 Å². The molecular formula is C17H18FN3O. The predicted molar refractivity (Wildman–Crippen MR) is 85.7 cm³/mol.